The maximum atomic E-state index is 2.57. The van der Waals surface area contributed by atoms with Crippen molar-refractivity contribution in [2.75, 3.05) is 0 Å². The zero-order valence-corrected chi connectivity index (χ0v) is 40.4. The van der Waals surface area contributed by atoms with Crippen molar-refractivity contribution in [1.82, 2.24) is 13.7 Å². The van der Waals surface area contributed by atoms with Gasteiger partial charge in [-0.2, -0.15) is 0 Å². The highest BCUT2D eigenvalue weighted by molar-refractivity contribution is 7.26. The van der Waals surface area contributed by atoms with Gasteiger partial charge in [-0.15, -0.1) is 11.3 Å². The first-order valence-electron chi connectivity index (χ1n) is 24.4. The van der Waals surface area contributed by atoms with Crippen LogP contribution in [-0.2, 0) is 0 Å². The van der Waals surface area contributed by atoms with Crippen molar-refractivity contribution in [2.45, 2.75) is 0 Å². The Morgan fingerprint density at radius 1 is 0.268 bits per heavy atom. The maximum Gasteiger partial charge on any atom is 0.179 e. The minimum absolute atomic E-state index is 1.16. The van der Waals surface area contributed by atoms with E-state index in [1.807, 2.05) is 11.3 Å². The zero-order valence-electron chi connectivity index (χ0n) is 38.6. The second kappa shape index (κ2) is 15.6. The molecule has 0 fully saturated rings. The maximum absolute atomic E-state index is 2.84. The summed E-state index contributed by atoms with van der Waals surface area (Å²) in [5.74, 6) is 0. The van der Waals surface area contributed by atoms with E-state index in [1.165, 1.54) is 118 Å². The standard InChI is InChI=1S/C66H43N3SSi/c1-4-20-45(21-5-1)71(46-22-6-2-7-23-46,47-24-8-3-9-25-47)48-37-38-53-51-28-12-17-33-58(51)69(63(53)43-48)61-40-41-62(66-65(61)54-30-14-19-35-64(54)70-66)68-59-34-18-13-29-52(59)55-42-44(36-39-60(55)68)67-56-31-15-10-26-49(56)50-27-11-16-32-57(50)67/h1-43H. The second-order valence-corrected chi connectivity index (χ2v) is 23.6. The van der Waals surface area contributed by atoms with Crippen molar-refractivity contribution < 1.29 is 0 Å². The Labute approximate surface area is 415 Å². The van der Waals surface area contributed by atoms with E-state index < -0.39 is 8.07 Å². The van der Waals surface area contributed by atoms with Crippen LogP contribution in [0.1, 0.15) is 0 Å². The molecule has 0 unspecified atom stereocenters. The van der Waals surface area contributed by atoms with Gasteiger partial charge in [0.05, 0.1) is 49.2 Å². The molecule has 4 heterocycles. The third kappa shape index (κ3) is 5.76. The SMILES string of the molecule is c1ccc([Si](c2ccccc2)(c2ccccc2)c2ccc3c4ccccc4n(-c4ccc(-n5c6ccccc6c6cc(-n7c8ccccc8c8ccccc87)ccc65)c5sc6ccccc6c45)c3c2)cc1. The van der Waals surface area contributed by atoms with Gasteiger partial charge < -0.3 is 13.7 Å². The molecule has 0 spiro atoms. The van der Waals surface area contributed by atoms with E-state index in [1.54, 1.807) is 0 Å². The number of para-hydroxylation sites is 4. The van der Waals surface area contributed by atoms with Crippen LogP contribution in [0.2, 0.25) is 0 Å². The first kappa shape index (κ1) is 40.2. The monoisotopic (exact) mass is 937 g/mol. The highest BCUT2D eigenvalue weighted by Crippen LogP contribution is 2.46. The van der Waals surface area contributed by atoms with Gasteiger partial charge in [-0.25, -0.2) is 0 Å². The third-order valence-corrected chi connectivity index (χ3v) is 21.2. The summed E-state index contributed by atoms with van der Waals surface area (Å²) in [5, 5.41) is 15.5. The smallest absolute Gasteiger partial charge is 0.179 e. The fourth-order valence-corrected chi connectivity index (χ4v) is 18.2. The number of nitrogens with zero attached hydrogens (tertiary/aromatic N) is 3. The quantitative estimate of drug-likeness (QED) is 0.112. The highest BCUT2D eigenvalue weighted by Gasteiger charge is 2.41. The van der Waals surface area contributed by atoms with Crippen LogP contribution in [0.4, 0.5) is 0 Å². The summed E-state index contributed by atoms with van der Waals surface area (Å²) in [6.07, 6.45) is 0. The van der Waals surface area contributed by atoms with Crippen molar-refractivity contribution in [1.29, 1.82) is 0 Å². The number of benzene rings is 11. The Kier molecular flexibility index (Phi) is 8.85. The van der Waals surface area contributed by atoms with Gasteiger partial charge in [0, 0.05) is 53.5 Å². The normalized spacial score (nSPS) is 12.2. The van der Waals surface area contributed by atoms with Crippen molar-refractivity contribution >= 4 is 126 Å². The molecule has 0 radical (unpaired) electrons. The number of hydrogen-bond acceptors (Lipinski definition) is 1. The Balaban J connectivity index is 1.01. The minimum atomic E-state index is -2.84. The molecule has 0 amide bonds. The van der Waals surface area contributed by atoms with Crippen LogP contribution in [0.5, 0.6) is 0 Å². The van der Waals surface area contributed by atoms with E-state index in [2.05, 4.69) is 275 Å². The molecule has 0 aliphatic rings. The van der Waals surface area contributed by atoms with Gasteiger partial charge in [-0.05, 0) is 87.5 Å². The number of hydrogen-bond donors (Lipinski definition) is 0. The lowest BCUT2D eigenvalue weighted by atomic mass is 10.1. The van der Waals surface area contributed by atoms with E-state index in [4.69, 9.17) is 0 Å². The van der Waals surface area contributed by atoms with Crippen molar-refractivity contribution in [3.63, 3.8) is 0 Å². The van der Waals surface area contributed by atoms with E-state index >= 15 is 0 Å². The molecule has 0 saturated carbocycles. The Bertz CT molecular complexity index is 4430. The van der Waals surface area contributed by atoms with E-state index in [9.17, 15) is 0 Å². The fraction of sp³-hybridized carbons (Fsp3) is 0. The van der Waals surface area contributed by atoms with Gasteiger partial charge in [0.2, 0.25) is 0 Å². The summed E-state index contributed by atoms with van der Waals surface area (Å²) < 4.78 is 10.1. The third-order valence-electron chi connectivity index (χ3n) is 15.2. The molecule has 11 aromatic carbocycles. The van der Waals surface area contributed by atoms with Crippen molar-refractivity contribution in [3.8, 4) is 17.1 Å². The summed E-state index contributed by atoms with van der Waals surface area (Å²) in [7, 11) is -2.84. The summed E-state index contributed by atoms with van der Waals surface area (Å²) in [5.41, 5.74) is 10.7. The Morgan fingerprint density at radius 2 is 0.690 bits per heavy atom. The van der Waals surface area contributed by atoms with Crippen LogP contribution in [0.3, 0.4) is 0 Å². The number of rotatable bonds is 7. The van der Waals surface area contributed by atoms with Gasteiger partial charge in [-0.3, -0.25) is 0 Å². The van der Waals surface area contributed by atoms with Crippen LogP contribution in [-0.4, -0.2) is 21.8 Å². The molecule has 0 saturated heterocycles. The Morgan fingerprint density at radius 3 is 1.25 bits per heavy atom. The lowest BCUT2D eigenvalue weighted by Crippen LogP contribution is -2.74. The largest absolute Gasteiger partial charge is 0.309 e. The molecule has 15 aromatic rings. The first-order valence-corrected chi connectivity index (χ1v) is 27.2. The first-order chi connectivity index (χ1) is 35.3. The summed E-state index contributed by atoms with van der Waals surface area (Å²) in [6.45, 7) is 0. The zero-order chi connectivity index (χ0) is 46.6. The molecule has 332 valence electrons. The lowest BCUT2D eigenvalue weighted by Gasteiger charge is -2.34. The van der Waals surface area contributed by atoms with Gasteiger partial charge in [-0.1, -0.05) is 194 Å². The van der Waals surface area contributed by atoms with Crippen LogP contribution >= 0.6 is 11.3 Å². The summed E-state index contributed by atoms with van der Waals surface area (Å²) in [6, 6.07) is 97.5. The van der Waals surface area contributed by atoms with Crippen molar-refractivity contribution in [3.05, 3.63) is 261 Å². The molecule has 0 aliphatic carbocycles. The van der Waals surface area contributed by atoms with Gasteiger partial charge >= 0.3 is 0 Å². The molecule has 0 N–H and O–H groups in total. The molecule has 0 aliphatic heterocycles. The highest BCUT2D eigenvalue weighted by atomic mass is 32.1. The number of aromatic nitrogens is 3. The molecule has 0 bridgehead atoms. The molecule has 4 aromatic heterocycles. The van der Waals surface area contributed by atoms with E-state index in [0.29, 0.717) is 0 Å². The number of fused-ring (bicyclic) bond motifs is 12. The van der Waals surface area contributed by atoms with Crippen LogP contribution in [0, 0.1) is 0 Å². The average molecular weight is 938 g/mol. The van der Waals surface area contributed by atoms with E-state index in [-0.39, 0.29) is 0 Å². The lowest BCUT2D eigenvalue weighted by molar-refractivity contribution is 1.17. The predicted molar refractivity (Wildman–Crippen MR) is 306 cm³/mol. The van der Waals surface area contributed by atoms with Crippen molar-refractivity contribution in [2.24, 2.45) is 0 Å². The van der Waals surface area contributed by atoms with Crippen LogP contribution < -0.4 is 20.7 Å². The molecule has 3 nitrogen and oxygen atoms in total. The second-order valence-electron chi connectivity index (χ2n) is 18.8. The minimum Gasteiger partial charge on any atom is -0.309 e. The van der Waals surface area contributed by atoms with Crippen LogP contribution in [0.25, 0.3) is 103 Å². The molecule has 0 atom stereocenters. The predicted octanol–water partition coefficient (Wildman–Crippen LogP) is 14.7. The number of thiophene rings is 1. The molecule has 15 rings (SSSR count). The molecular weight excluding hydrogens is 895 g/mol. The molecule has 71 heavy (non-hydrogen) atoms. The molecular formula is C66H43N3SSi. The fourth-order valence-electron chi connectivity index (χ4n) is 12.2. The van der Waals surface area contributed by atoms with Gasteiger partial charge in [0.15, 0.2) is 8.07 Å². The Hall–Kier alpha value is -8.74. The summed E-state index contributed by atoms with van der Waals surface area (Å²) >= 11 is 1.90. The van der Waals surface area contributed by atoms with Gasteiger partial charge in [0.25, 0.3) is 0 Å². The van der Waals surface area contributed by atoms with Crippen LogP contribution in [0.15, 0.2) is 261 Å². The molecule has 5 heteroatoms. The van der Waals surface area contributed by atoms with Gasteiger partial charge in [0.1, 0.15) is 0 Å². The van der Waals surface area contributed by atoms with E-state index in [0.717, 1.165) is 5.69 Å². The topological polar surface area (TPSA) is 14.8 Å². The summed E-state index contributed by atoms with van der Waals surface area (Å²) in [4.78, 5) is 0. The average Bonchev–Trinajstić information content (AvgIpc) is 4.19.